The lowest BCUT2D eigenvalue weighted by molar-refractivity contribution is 1.16. The predicted octanol–water partition coefficient (Wildman–Crippen LogP) is 3.19. The quantitative estimate of drug-likeness (QED) is 0.626. The summed E-state index contributed by atoms with van der Waals surface area (Å²) in [6, 6.07) is 10.7. The Kier molecular flexibility index (Phi) is 4.93. The van der Waals surface area contributed by atoms with E-state index in [1.807, 2.05) is 11.8 Å². The average molecular weight is 179 g/mol. The monoisotopic (exact) mass is 179 g/mol. The summed E-state index contributed by atoms with van der Waals surface area (Å²) in [4.78, 5) is 0. The second-order valence-electron chi connectivity index (χ2n) is 2.72. The van der Waals surface area contributed by atoms with Gasteiger partial charge >= 0.3 is 0 Å². The van der Waals surface area contributed by atoms with Crippen LogP contribution in [0.2, 0.25) is 0 Å². The molecule has 0 aliphatic rings. The average Bonchev–Trinajstić information content (AvgIpc) is 2.14. The van der Waals surface area contributed by atoms with Gasteiger partial charge in [0.2, 0.25) is 0 Å². The van der Waals surface area contributed by atoms with E-state index in [2.05, 4.69) is 43.7 Å². The van der Waals surface area contributed by atoms with Crippen molar-refractivity contribution in [1.82, 2.24) is 0 Å². The molecule has 65 valence electrons. The van der Waals surface area contributed by atoms with E-state index in [1.165, 1.54) is 23.5 Å². The molecule has 0 nitrogen and oxygen atoms in total. The molecule has 1 rings (SSSR count). The Morgan fingerprint density at radius 1 is 1.25 bits per heavy atom. The summed E-state index contributed by atoms with van der Waals surface area (Å²) in [6.07, 6.45) is 3.40. The molecule has 0 atom stereocenters. The van der Waals surface area contributed by atoms with Crippen LogP contribution in [0.25, 0.3) is 0 Å². The van der Waals surface area contributed by atoms with Crippen LogP contribution >= 0.6 is 11.8 Å². The fourth-order valence-corrected chi connectivity index (χ4v) is 1.82. The molecule has 1 heteroatoms. The molecule has 1 radical (unpaired) electrons. The van der Waals surface area contributed by atoms with Crippen molar-refractivity contribution in [2.45, 2.75) is 13.3 Å². The van der Waals surface area contributed by atoms with Crippen molar-refractivity contribution in [3.8, 4) is 0 Å². The molecule has 0 aromatic heterocycles. The molecule has 0 aliphatic heterocycles. The summed E-state index contributed by atoms with van der Waals surface area (Å²) >= 11 is 1.99. The maximum absolute atomic E-state index is 2.20. The van der Waals surface area contributed by atoms with Crippen molar-refractivity contribution < 1.29 is 0 Å². The van der Waals surface area contributed by atoms with Gasteiger partial charge in [-0.1, -0.05) is 37.3 Å². The first kappa shape index (κ1) is 9.66. The first-order valence-electron chi connectivity index (χ1n) is 4.33. The first-order valence-corrected chi connectivity index (χ1v) is 5.48. The van der Waals surface area contributed by atoms with Gasteiger partial charge < -0.3 is 0 Å². The Bertz CT molecular complexity index is 193. The van der Waals surface area contributed by atoms with Gasteiger partial charge in [0, 0.05) is 0 Å². The number of hydrogen-bond donors (Lipinski definition) is 0. The Morgan fingerprint density at radius 2 is 2.00 bits per heavy atom. The van der Waals surface area contributed by atoms with Crippen LogP contribution in [0.4, 0.5) is 0 Å². The second kappa shape index (κ2) is 6.13. The van der Waals surface area contributed by atoms with Gasteiger partial charge in [-0.2, -0.15) is 11.8 Å². The van der Waals surface area contributed by atoms with Gasteiger partial charge in [-0.3, -0.25) is 0 Å². The van der Waals surface area contributed by atoms with Gasteiger partial charge in [0.05, 0.1) is 0 Å². The van der Waals surface area contributed by atoms with Crippen LogP contribution in [-0.4, -0.2) is 11.5 Å². The van der Waals surface area contributed by atoms with E-state index in [0.717, 1.165) is 0 Å². The predicted molar refractivity (Wildman–Crippen MR) is 57.4 cm³/mol. The van der Waals surface area contributed by atoms with Crippen LogP contribution in [0.1, 0.15) is 12.5 Å². The van der Waals surface area contributed by atoms with E-state index in [9.17, 15) is 0 Å². The molecule has 0 spiro atoms. The molecule has 0 fully saturated rings. The third-order valence-corrected chi connectivity index (χ3v) is 2.72. The molecule has 0 N–H and O–H groups in total. The Labute approximate surface area is 79.4 Å². The highest BCUT2D eigenvalue weighted by molar-refractivity contribution is 7.99. The number of thioether (sulfide) groups is 1. The molecule has 0 heterocycles. The fourth-order valence-electron chi connectivity index (χ4n) is 1.04. The Morgan fingerprint density at radius 3 is 2.67 bits per heavy atom. The van der Waals surface area contributed by atoms with Gasteiger partial charge in [-0.05, 0) is 29.9 Å². The minimum absolute atomic E-state index is 1.17. The molecule has 0 bridgehead atoms. The van der Waals surface area contributed by atoms with Crippen LogP contribution in [0.3, 0.4) is 0 Å². The number of aryl methyl sites for hydroxylation is 1. The Balaban J connectivity index is 2.16. The molecule has 0 aliphatic carbocycles. The molecule has 1 aromatic rings. The van der Waals surface area contributed by atoms with Crippen molar-refractivity contribution in [2.75, 3.05) is 11.5 Å². The lowest BCUT2D eigenvalue weighted by Gasteiger charge is -1.99. The summed E-state index contributed by atoms with van der Waals surface area (Å²) < 4.78 is 0. The molecular weight excluding hydrogens is 164 g/mol. The van der Waals surface area contributed by atoms with Crippen LogP contribution < -0.4 is 0 Å². The van der Waals surface area contributed by atoms with Crippen molar-refractivity contribution in [1.29, 1.82) is 0 Å². The maximum Gasteiger partial charge on any atom is -0.00269 e. The summed E-state index contributed by atoms with van der Waals surface area (Å²) in [6.45, 7) is 2.11. The van der Waals surface area contributed by atoms with Crippen molar-refractivity contribution >= 4 is 11.8 Å². The molecule has 12 heavy (non-hydrogen) atoms. The molecule has 0 saturated carbocycles. The molecule has 0 amide bonds. The van der Waals surface area contributed by atoms with Crippen molar-refractivity contribution in [3.63, 3.8) is 0 Å². The standard InChI is InChI=1S/C11H15S/c1-2-9-12-10-8-11-6-4-3-5-7-11/h2-7H,8-10H2,1H3. The van der Waals surface area contributed by atoms with E-state index >= 15 is 0 Å². The highest BCUT2D eigenvalue weighted by Gasteiger charge is 1.90. The Hall–Kier alpha value is -0.430. The fraction of sp³-hybridized carbons (Fsp3) is 0.364. The minimum Gasteiger partial charge on any atom is -0.161 e. The van der Waals surface area contributed by atoms with Gasteiger partial charge in [0.25, 0.3) is 0 Å². The number of benzene rings is 1. The summed E-state index contributed by atoms with van der Waals surface area (Å²) in [5.74, 6) is 2.40. The third-order valence-electron chi connectivity index (χ3n) is 1.66. The zero-order valence-corrected chi connectivity index (χ0v) is 8.31. The SMILES string of the molecule is C[CH]CSCCc1ccccc1. The number of rotatable bonds is 5. The normalized spacial score (nSPS) is 10.1. The van der Waals surface area contributed by atoms with Crippen LogP contribution in [0.15, 0.2) is 30.3 Å². The van der Waals surface area contributed by atoms with Gasteiger partial charge in [0.15, 0.2) is 0 Å². The lowest BCUT2D eigenvalue weighted by atomic mass is 10.2. The smallest absolute Gasteiger partial charge is 0.00269 e. The summed E-state index contributed by atoms with van der Waals surface area (Å²) in [7, 11) is 0. The lowest BCUT2D eigenvalue weighted by Crippen LogP contribution is -1.88. The van der Waals surface area contributed by atoms with Crippen LogP contribution in [0, 0.1) is 6.42 Å². The highest BCUT2D eigenvalue weighted by Crippen LogP contribution is 2.06. The molecule has 0 unspecified atom stereocenters. The largest absolute Gasteiger partial charge is 0.161 e. The molecular formula is C11H15S. The highest BCUT2D eigenvalue weighted by atomic mass is 32.2. The summed E-state index contributed by atoms with van der Waals surface area (Å²) in [5, 5.41) is 0. The zero-order valence-electron chi connectivity index (χ0n) is 7.49. The van der Waals surface area contributed by atoms with Crippen LogP contribution in [0.5, 0.6) is 0 Å². The number of hydrogen-bond acceptors (Lipinski definition) is 1. The van der Waals surface area contributed by atoms with Crippen molar-refractivity contribution in [2.24, 2.45) is 0 Å². The van der Waals surface area contributed by atoms with Crippen molar-refractivity contribution in [3.05, 3.63) is 42.3 Å². The van der Waals surface area contributed by atoms with Crippen LogP contribution in [-0.2, 0) is 6.42 Å². The van der Waals surface area contributed by atoms with E-state index in [0.29, 0.717) is 0 Å². The first-order chi connectivity index (χ1) is 5.93. The van der Waals surface area contributed by atoms with E-state index in [4.69, 9.17) is 0 Å². The maximum atomic E-state index is 2.20. The topological polar surface area (TPSA) is 0 Å². The van der Waals surface area contributed by atoms with Gasteiger partial charge in [-0.25, -0.2) is 0 Å². The zero-order chi connectivity index (χ0) is 8.65. The minimum atomic E-state index is 1.17. The van der Waals surface area contributed by atoms with E-state index in [-0.39, 0.29) is 0 Å². The molecule has 0 saturated heterocycles. The molecule has 1 aromatic carbocycles. The summed E-state index contributed by atoms with van der Waals surface area (Å²) in [5.41, 5.74) is 1.45. The van der Waals surface area contributed by atoms with E-state index < -0.39 is 0 Å². The van der Waals surface area contributed by atoms with Gasteiger partial charge in [-0.15, -0.1) is 0 Å². The second-order valence-corrected chi connectivity index (χ2v) is 3.87. The van der Waals surface area contributed by atoms with Gasteiger partial charge in [0.1, 0.15) is 0 Å². The van der Waals surface area contributed by atoms with E-state index in [1.54, 1.807) is 0 Å². The third kappa shape index (κ3) is 3.82.